The van der Waals surface area contributed by atoms with E-state index in [2.05, 4.69) is 24.1 Å². The number of ether oxygens (including phenoxy) is 1. The van der Waals surface area contributed by atoms with Gasteiger partial charge in [-0.3, -0.25) is 4.90 Å². The van der Waals surface area contributed by atoms with E-state index in [1.54, 1.807) is 6.08 Å². The van der Waals surface area contributed by atoms with Crippen LogP contribution >= 0.6 is 0 Å². The van der Waals surface area contributed by atoms with Gasteiger partial charge in [-0.2, -0.15) is 0 Å². The molecule has 2 heterocycles. The topological polar surface area (TPSA) is 29.5 Å². The van der Waals surface area contributed by atoms with E-state index >= 15 is 0 Å². The van der Waals surface area contributed by atoms with Gasteiger partial charge in [0.05, 0.1) is 0 Å². The largest absolute Gasteiger partial charge is 0.459 e. The van der Waals surface area contributed by atoms with Crippen LogP contribution in [0.2, 0.25) is 0 Å². The molecule has 0 saturated heterocycles. The molecule has 0 aromatic heterocycles. The summed E-state index contributed by atoms with van der Waals surface area (Å²) < 4.78 is 5.33. The van der Waals surface area contributed by atoms with E-state index in [1.165, 1.54) is 0 Å². The van der Waals surface area contributed by atoms with E-state index in [0.29, 0.717) is 6.04 Å². The van der Waals surface area contributed by atoms with Crippen LogP contribution < -0.4 is 0 Å². The van der Waals surface area contributed by atoms with Gasteiger partial charge in [0.2, 0.25) is 0 Å². The molecule has 0 saturated carbocycles. The molecule has 0 aromatic rings. The molecule has 0 aromatic carbocycles. The van der Waals surface area contributed by atoms with Crippen LogP contribution in [-0.4, -0.2) is 36.6 Å². The molecule has 0 fully saturated rings. The maximum atomic E-state index is 11.3. The van der Waals surface area contributed by atoms with Crippen molar-refractivity contribution >= 4 is 5.97 Å². The van der Waals surface area contributed by atoms with Crippen molar-refractivity contribution < 1.29 is 9.53 Å². The molecular weight excluding hydrogens is 202 g/mol. The highest BCUT2D eigenvalue weighted by Crippen LogP contribution is 2.22. The van der Waals surface area contributed by atoms with E-state index in [-0.39, 0.29) is 12.1 Å². The second-order valence-corrected chi connectivity index (χ2v) is 4.75. The normalized spacial score (nSPS) is 31.1. The van der Waals surface area contributed by atoms with Crippen molar-refractivity contribution in [2.45, 2.75) is 38.3 Å². The van der Waals surface area contributed by atoms with Crippen molar-refractivity contribution in [1.82, 2.24) is 4.90 Å². The zero-order chi connectivity index (χ0) is 11.5. The highest BCUT2D eigenvalue weighted by Gasteiger charge is 2.24. The summed E-state index contributed by atoms with van der Waals surface area (Å²) in [4.78, 5) is 13.6. The zero-order valence-electron chi connectivity index (χ0n) is 9.98. The molecule has 2 rings (SSSR count). The molecule has 0 spiro atoms. The summed E-state index contributed by atoms with van der Waals surface area (Å²) in [7, 11) is 2.13. The number of cyclic esters (lactones) is 1. The van der Waals surface area contributed by atoms with Gasteiger partial charge in [0, 0.05) is 31.5 Å². The summed E-state index contributed by atoms with van der Waals surface area (Å²) in [6, 6.07) is 0.414. The van der Waals surface area contributed by atoms with Gasteiger partial charge in [-0.05, 0) is 20.4 Å². The number of hydrogen-bond acceptors (Lipinski definition) is 3. The van der Waals surface area contributed by atoms with Crippen molar-refractivity contribution in [3.8, 4) is 0 Å². The highest BCUT2D eigenvalue weighted by atomic mass is 16.5. The summed E-state index contributed by atoms with van der Waals surface area (Å²) in [5.41, 5.74) is 1.13. The molecular formula is C13H19NO2. The summed E-state index contributed by atoms with van der Waals surface area (Å²) in [6.45, 7) is 3.09. The minimum atomic E-state index is -0.184. The third-order valence-electron chi connectivity index (χ3n) is 3.27. The zero-order valence-corrected chi connectivity index (χ0v) is 9.98. The van der Waals surface area contributed by atoms with Gasteiger partial charge >= 0.3 is 5.97 Å². The van der Waals surface area contributed by atoms with Crippen LogP contribution in [-0.2, 0) is 9.53 Å². The summed E-state index contributed by atoms with van der Waals surface area (Å²) in [5.74, 6) is -0.184. The number of hydrogen-bond donors (Lipinski definition) is 0. The predicted octanol–water partition coefficient (Wildman–Crippen LogP) is 1.90. The SMILES string of the molecule is CC1=CC(=O)O[C@@H](C[C@@H]2C=CCCN2C)C1. The summed E-state index contributed by atoms with van der Waals surface area (Å²) >= 11 is 0. The lowest BCUT2D eigenvalue weighted by Crippen LogP contribution is -2.37. The Morgan fingerprint density at radius 2 is 2.38 bits per heavy atom. The predicted molar refractivity (Wildman–Crippen MR) is 63.0 cm³/mol. The monoisotopic (exact) mass is 221 g/mol. The molecule has 0 unspecified atom stereocenters. The number of esters is 1. The van der Waals surface area contributed by atoms with Gasteiger partial charge in [-0.15, -0.1) is 0 Å². The Hall–Kier alpha value is -1.09. The van der Waals surface area contributed by atoms with E-state index in [9.17, 15) is 4.79 Å². The molecule has 0 bridgehead atoms. The maximum Gasteiger partial charge on any atom is 0.330 e. The van der Waals surface area contributed by atoms with Gasteiger partial charge in [-0.1, -0.05) is 17.7 Å². The highest BCUT2D eigenvalue weighted by molar-refractivity contribution is 5.83. The molecule has 0 radical (unpaired) electrons. The molecule has 3 nitrogen and oxygen atoms in total. The lowest BCUT2D eigenvalue weighted by Gasteiger charge is -2.32. The molecule has 2 aliphatic heterocycles. The Balaban J connectivity index is 1.95. The average molecular weight is 221 g/mol. The third-order valence-corrected chi connectivity index (χ3v) is 3.27. The Morgan fingerprint density at radius 3 is 3.06 bits per heavy atom. The standard InChI is InChI=1S/C13H19NO2/c1-10-7-12(16-13(15)8-10)9-11-5-3-4-6-14(11)2/h3,5,8,11-12H,4,6-7,9H2,1-2H3/t11-,12+/m0/s1. The molecule has 0 aliphatic carbocycles. The van der Waals surface area contributed by atoms with Crippen molar-refractivity contribution in [2.75, 3.05) is 13.6 Å². The number of carbonyl (C=O) groups is 1. The second-order valence-electron chi connectivity index (χ2n) is 4.75. The Kier molecular flexibility index (Phi) is 3.44. The van der Waals surface area contributed by atoms with Crippen LogP contribution in [0.5, 0.6) is 0 Å². The first-order valence-corrected chi connectivity index (χ1v) is 5.90. The van der Waals surface area contributed by atoms with E-state index in [4.69, 9.17) is 4.74 Å². The fourth-order valence-electron chi connectivity index (χ4n) is 2.36. The van der Waals surface area contributed by atoms with E-state index in [1.807, 2.05) is 6.92 Å². The van der Waals surface area contributed by atoms with Crippen LogP contribution in [0.25, 0.3) is 0 Å². The molecule has 0 amide bonds. The first kappa shape index (κ1) is 11.4. The number of likely N-dealkylation sites (N-methyl/N-ethyl adjacent to an activating group) is 1. The van der Waals surface area contributed by atoms with Crippen molar-refractivity contribution in [2.24, 2.45) is 0 Å². The van der Waals surface area contributed by atoms with Gasteiger partial charge < -0.3 is 4.74 Å². The molecule has 2 aliphatic rings. The quantitative estimate of drug-likeness (QED) is 0.527. The van der Waals surface area contributed by atoms with Crippen LogP contribution in [0, 0.1) is 0 Å². The third kappa shape index (κ3) is 2.73. The summed E-state index contributed by atoms with van der Waals surface area (Å²) in [5, 5.41) is 0. The van der Waals surface area contributed by atoms with E-state index < -0.39 is 0 Å². The Bertz CT molecular complexity index is 333. The first-order chi connectivity index (χ1) is 7.65. The average Bonchev–Trinajstić information content (AvgIpc) is 2.20. The van der Waals surface area contributed by atoms with Crippen LogP contribution in [0.4, 0.5) is 0 Å². The number of rotatable bonds is 2. The minimum Gasteiger partial charge on any atom is -0.459 e. The first-order valence-electron chi connectivity index (χ1n) is 5.90. The Morgan fingerprint density at radius 1 is 1.56 bits per heavy atom. The van der Waals surface area contributed by atoms with Gasteiger partial charge in [0.25, 0.3) is 0 Å². The smallest absolute Gasteiger partial charge is 0.330 e. The fourth-order valence-corrected chi connectivity index (χ4v) is 2.36. The molecule has 16 heavy (non-hydrogen) atoms. The van der Waals surface area contributed by atoms with Crippen LogP contribution in [0.3, 0.4) is 0 Å². The molecule has 2 atom stereocenters. The van der Waals surface area contributed by atoms with Crippen LogP contribution in [0.1, 0.15) is 26.2 Å². The lowest BCUT2D eigenvalue weighted by atomic mass is 9.98. The van der Waals surface area contributed by atoms with Crippen molar-refractivity contribution in [3.05, 3.63) is 23.8 Å². The lowest BCUT2D eigenvalue weighted by molar-refractivity contribution is -0.145. The van der Waals surface area contributed by atoms with Gasteiger partial charge in [0.1, 0.15) is 6.10 Å². The van der Waals surface area contributed by atoms with Crippen LogP contribution in [0.15, 0.2) is 23.8 Å². The molecule has 0 N–H and O–H groups in total. The van der Waals surface area contributed by atoms with Gasteiger partial charge in [-0.25, -0.2) is 4.79 Å². The van der Waals surface area contributed by atoms with Crippen molar-refractivity contribution in [3.63, 3.8) is 0 Å². The Labute approximate surface area is 96.8 Å². The minimum absolute atomic E-state index is 0.0488. The molecule has 3 heteroatoms. The second kappa shape index (κ2) is 4.83. The summed E-state index contributed by atoms with van der Waals surface area (Å²) in [6.07, 6.45) is 9.00. The maximum absolute atomic E-state index is 11.3. The van der Waals surface area contributed by atoms with Gasteiger partial charge in [0.15, 0.2) is 0 Å². The molecule has 88 valence electrons. The van der Waals surface area contributed by atoms with Crippen molar-refractivity contribution in [1.29, 1.82) is 0 Å². The number of carbonyl (C=O) groups excluding carboxylic acids is 1. The number of nitrogens with zero attached hydrogens (tertiary/aromatic N) is 1. The fraction of sp³-hybridized carbons (Fsp3) is 0.615. The van der Waals surface area contributed by atoms with E-state index in [0.717, 1.165) is 31.4 Å².